The number of carbonyl (C=O) groups is 1. The quantitative estimate of drug-likeness (QED) is 0.946. The molecule has 2 aromatic rings. The Morgan fingerprint density at radius 3 is 2.82 bits per heavy atom. The molecule has 112 valence electrons. The highest BCUT2D eigenvalue weighted by Crippen LogP contribution is 2.25. The van der Waals surface area contributed by atoms with E-state index >= 15 is 0 Å². The Morgan fingerprint density at radius 1 is 1.32 bits per heavy atom. The van der Waals surface area contributed by atoms with E-state index in [-0.39, 0.29) is 22.9 Å². The van der Waals surface area contributed by atoms with Gasteiger partial charge in [-0.05, 0) is 24.3 Å². The third-order valence-corrected chi connectivity index (χ3v) is 3.48. The van der Waals surface area contributed by atoms with Gasteiger partial charge >= 0.3 is 0 Å². The average Bonchev–Trinajstić information content (AvgIpc) is 2.98. The number of benzene rings is 1. The van der Waals surface area contributed by atoms with Gasteiger partial charge in [0.1, 0.15) is 5.82 Å². The monoisotopic (exact) mass is 319 g/mol. The van der Waals surface area contributed by atoms with Gasteiger partial charge in [0, 0.05) is 24.5 Å². The number of pyridine rings is 1. The van der Waals surface area contributed by atoms with Gasteiger partial charge < -0.3 is 10.2 Å². The maximum absolute atomic E-state index is 13.8. The number of aromatic nitrogens is 1. The van der Waals surface area contributed by atoms with Crippen LogP contribution >= 0.6 is 11.6 Å². The van der Waals surface area contributed by atoms with E-state index in [1.165, 1.54) is 12.1 Å². The zero-order chi connectivity index (χ0) is 15.5. The van der Waals surface area contributed by atoms with Gasteiger partial charge in [-0.25, -0.2) is 4.39 Å². The summed E-state index contributed by atoms with van der Waals surface area (Å²) in [6.07, 6.45) is 2.45. The van der Waals surface area contributed by atoms with Crippen molar-refractivity contribution >= 4 is 28.9 Å². The van der Waals surface area contributed by atoms with Gasteiger partial charge in [-0.15, -0.1) is 0 Å². The van der Waals surface area contributed by atoms with Crippen LogP contribution in [0.1, 0.15) is 12.0 Å². The van der Waals surface area contributed by atoms with Crippen LogP contribution in [-0.2, 0) is 9.63 Å². The van der Waals surface area contributed by atoms with Crippen LogP contribution in [0.2, 0.25) is 5.02 Å². The lowest BCUT2D eigenvalue weighted by Gasteiger charge is -2.09. The van der Waals surface area contributed by atoms with Crippen molar-refractivity contribution in [1.82, 2.24) is 4.98 Å². The second-order valence-corrected chi connectivity index (χ2v) is 5.07. The van der Waals surface area contributed by atoms with Gasteiger partial charge in [0.05, 0.1) is 16.3 Å². The number of rotatable bonds is 3. The number of anilines is 1. The van der Waals surface area contributed by atoms with E-state index in [9.17, 15) is 9.18 Å². The first kappa shape index (κ1) is 14.5. The number of carbonyl (C=O) groups excluding carboxylic acids is 1. The predicted molar refractivity (Wildman–Crippen MR) is 80.3 cm³/mol. The van der Waals surface area contributed by atoms with E-state index in [2.05, 4.69) is 15.5 Å². The smallest absolute Gasteiger partial charge is 0.268 e. The van der Waals surface area contributed by atoms with Gasteiger partial charge in [0.15, 0.2) is 0 Å². The van der Waals surface area contributed by atoms with Crippen molar-refractivity contribution in [2.75, 3.05) is 5.32 Å². The van der Waals surface area contributed by atoms with Crippen molar-refractivity contribution in [3.8, 4) is 0 Å². The summed E-state index contributed by atoms with van der Waals surface area (Å²) in [7, 11) is 0. The molecule has 2 heterocycles. The summed E-state index contributed by atoms with van der Waals surface area (Å²) < 4.78 is 13.8. The van der Waals surface area contributed by atoms with Crippen LogP contribution in [0.3, 0.4) is 0 Å². The van der Waals surface area contributed by atoms with Gasteiger partial charge in [-0.2, -0.15) is 0 Å². The van der Waals surface area contributed by atoms with Gasteiger partial charge in [0.2, 0.25) is 6.10 Å². The molecule has 1 aliphatic heterocycles. The second kappa shape index (κ2) is 6.11. The third kappa shape index (κ3) is 2.92. The van der Waals surface area contributed by atoms with Crippen LogP contribution in [-0.4, -0.2) is 22.7 Å². The molecule has 0 bridgehead atoms. The lowest BCUT2D eigenvalue weighted by Crippen LogP contribution is -2.28. The molecule has 1 aromatic carbocycles. The fourth-order valence-electron chi connectivity index (χ4n) is 2.10. The van der Waals surface area contributed by atoms with Crippen molar-refractivity contribution in [3.63, 3.8) is 0 Å². The number of halogens is 2. The molecule has 0 fully saturated rings. The van der Waals surface area contributed by atoms with Crippen LogP contribution in [0.5, 0.6) is 0 Å². The molecule has 0 aliphatic carbocycles. The molecule has 1 unspecified atom stereocenters. The normalized spacial score (nSPS) is 16.8. The van der Waals surface area contributed by atoms with Crippen LogP contribution in [0.25, 0.3) is 0 Å². The molecule has 0 spiro atoms. The first-order valence-electron chi connectivity index (χ1n) is 6.53. The van der Waals surface area contributed by atoms with Crippen LogP contribution in [0.4, 0.5) is 10.1 Å². The summed E-state index contributed by atoms with van der Waals surface area (Å²) in [6, 6.07) is 7.66. The molecule has 1 atom stereocenters. The topological polar surface area (TPSA) is 63.6 Å². The largest absolute Gasteiger partial charge is 0.382 e. The predicted octanol–water partition coefficient (Wildman–Crippen LogP) is 3.01. The van der Waals surface area contributed by atoms with E-state index < -0.39 is 11.9 Å². The third-order valence-electron chi connectivity index (χ3n) is 3.16. The molecule has 0 saturated carbocycles. The molecular weight excluding hydrogens is 309 g/mol. The number of hydrogen-bond donors (Lipinski definition) is 1. The Hall–Kier alpha value is -2.47. The molecule has 1 amide bonds. The standard InChI is InChI=1S/C15H11ClFN3O2/c16-10-2-1-3-11(17)14(10)12-8-13(22-20-12)15(21)19-9-4-6-18-7-5-9/h1-7,13H,8H2,(H,18,19,21). The highest BCUT2D eigenvalue weighted by atomic mass is 35.5. The molecule has 3 rings (SSSR count). The van der Waals surface area contributed by atoms with Crippen LogP contribution in [0, 0.1) is 5.82 Å². The highest BCUT2D eigenvalue weighted by molar-refractivity contribution is 6.34. The molecule has 0 radical (unpaired) electrons. The number of nitrogens with one attached hydrogen (secondary N) is 1. The minimum Gasteiger partial charge on any atom is -0.382 e. The van der Waals surface area contributed by atoms with E-state index in [1.54, 1.807) is 30.6 Å². The molecule has 0 saturated heterocycles. The Balaban J connectivity index is 1.70. The van der Waals surface area contributed by atoms with E-state index in [1.807, 2.05) is 0 Å². The number of nitrogens with zero attached hydrogens (tertiary/aromatic N) is 2. The Bertz CT molecular complexity index is 717. The summed E-state index contributed by atoms with van der Waals surface area (Å²) >= 11 is 5.98. The van der Waals surface area contributed by atoms with Gasteiger partial charge in [-0.3, -0.25) is 9.78 Å². The Kier molecular flexibility index (Phi) is 4.02. The maximum Gasteiger partial charge on any atom is 0.268 e. The molecule has 5 nitrogen and oxygen atoms in total. The first-order chi connectivity index (χ1) is 10.6. The second-order valence-electron chi connectivity index (χ2n) is 4.66. The van der Waals surface area contributed by atoms with Crippen molar-refractivity contribution in [1.29, 1.82) is 0 Å². The maximum atomic E-state index is 13.8. The van der Waals surface area contributed by atoms with E-state index in [4.69, 9.17) is 16.4 Å². The van der Waals surface area contributed by atoms with Crippen molar-refractivity contribution in [2.24, 2.45) is 5.16 Å². The molecule has 1 N–H and O–H groups in total. The van der Waals surface area contributed by atoms with Crippen molar-refractivity contribution in [2.45, 2.75) is 12.5 Å². The van der Waals surface area contributed by atoms with Crippen molar-refractivity contribution < 1.29 is 14.0 Å². The highest BCUT2D eigenvalue weighted by Gasteiger charge is 2.31. The molecule has 1 aliphatic rings. The SMILES string of the molecule is O=C(Nc1ccncc1)C1CC(c2c(F)cccc2Cl)=NO1. The minimum atomic E-state index is -0.821. The lowest BCUT2D eigenvalue weighted by molar-refractivity contribution is -0.125. The van der Waals surface area contributed by atoms with Gasteiger partial charge in [-0.1, -0.05) is 22.8 Å². The van der Waals surface area contributed by atoms with Crippen LogP contribution in [0.15, 0.2) is 47.9 Å². The van der Waals surface area contributed by atoms with E-state index in [0.717, 1.165) is 0 Å². The average molecular weight is 320 g/mol. The number of oxime groups is 1. The van der Waals surface area contributed by atoms with Gasteiger partial charge in [0.25, 0.3) is 5.91 Å². The fraction of sp³-hybridized carbons (Fsp3) is 0.133. The first-order valence-corrected chi connectivity index (χ1v) is 6.91. The van der Waals surface area contributed by atoms with Crippen molar-refractivity contribution in [3.05, 3.63) is 59.1 Å². The van der Waals surface area contributed by atoms with E-state index in [0.29, 0.717) is 11.4 Å². The Morgan fingerprint density at radius 2 is 2.09 bits per heavy atom. The number of hydrogen-bond acceptors (Lipinski definition) is 4. The summed E-state index contributed by atoms with van der Waals surface area (Å²) in [5.74, 6) is -0.859. The fourth-order valence-corrected chi connectivity index (χ4v) is 2.37. The summed E-state index contributed by atoms with van der Waals surface area (Å²) in [6.45, 7) is 0. The zero-order valence-corrected chi connectivity index (χ0v) is 12.0. The molecular formula is C15H11ClFN3O2. The molecule has 22 heavy (non-hydrogen) atoms. The summed E-state index contributed by atoms with van der Waals surface area (Å²) in [4.78, 5) is 21.1. The molecule has 7 heteroatoms. The number of amides is 1. The minimum absolute atomic E-state index is 0.150. The zero-order valence-electron chi connectivity index (χ0n) is 11.3. The summed E-state index contributed by atoms with van der Waals surface area (Å²) in [5.41, 5.74) is 1.09. The molecule has 1 aromatic heterocycles. The van der Waals surface area contributed by atoms with Crippen LogP contribution < -0.4 is 5.32 Å². The lowest BCUT2D eigenvalue weighted by atomic mass is 10.0. The Labute approximate surface area is 130 Å². The summed E-state index contributed by atoms with van der Waals surface area (Å²) in [5, 5.41) is 6.71.